The van der Waals surface area contributed by atoms with E-state index in [0.717, 1.165) is 5.56 Å². The number of nitrogens with zero attached hydrogens (tertiary/aromatic N) is 4. The number of esters is 1. The zero-order valence-corrected chi connectivity index (χ0v) is 34.4. The van der Waals surface area contributed by atoms with Crippen molar-refractivity contribution in [1.29, 1.82) is 5.26 Å². The lowest BCUT2D eigenvalue weighted by Crippen LogP contribution is -2.59. The van der Waals surface area contributed by atoms with Crippen molar-refractivity contribution in [2.24, 2.45) is 27.9 Å². The number of aliphatic hydroxyl groups is 2. The summed E-state index contributed by atoms with van der Waals surface area (Å²) in [5.41, 5.74) is -1.28. The highest BCUT2D eigenvalue weighted by molar-refractivity contribution is 6.00. The monoisotopic (exact) mass is 784 g/mol. The molecule has 3 aliphatic heterocycles. The molecule has 0 unspecified atom stereocenters. The van der Waals surface area contributed by atoms with Gasteiger partial charge in [-0.2, -0.15) is 5.26 Å². The van der Waals surface area contributed by atoms with Gasteiger partial charge in [0.1, 0.15) is 36.0 Å². The van der Waals surface area contributed by atoms with Crippen LogP contribution in [0.3, 0.4) is 0 Å². The molecule has 0 spiro atoms. The van der Waals surface area contributed by atoms with Gasteiger partial charge in [0.05, 0.1) is 48.8 Å². The van der Waals surface area contributed by atoms with Gasteiger partial charge in [-0.15, -0.1) is 0 Å². The number of carbonyl (C=O) groups is 3. The molecule has 56 heavy (non-hydrogen) atoms. The number of likely N-dealkylation sites (N-methyl/N-ethyl adjacent to an activating group) is 1. The molecular formula is C41H60N4O11. The number of amides is 1. The lowest BCUT2D eigenvalue weighted by Gasteiger charge is -2.47. The fraction of sp³-hybridized carbons (Fsp3) is 0.707. The number of cyclic esters (lactones) is 1. The summed E-state index contributed by atoms with van der Waals surface area (Å²) in [6.45, 7) is 12.9. The number of aliphatic hydroxyl groups excluding tert-OH is 1. The molecule has 3 aliphatic rings. The first-order valence-corrected chi connectivity index (χ1v) is 19.4. The Morgan fingerprint density at radius 1 is 1.11 bits per heavy atom. The second-order valence-electron chi connectivity index (χ2n) is 16.2. The van der Waals surface area contributed by atoms with E-state index in [9.17, 15) is 29.9 Å². The summed E-state index contributed by atoms with van der Waals surface area (Å²) < 4.78 is 32.1. The minimum absolute atomic E-state index is 0.0285. The molecule has 310 valence electrons. The van der Waals surface area contributed by atoms with E-state index in [2.05, 4.69) is 16.2 Å². The summed E-state index contributed by atoms with van der Waals surface area (Å²) in [6, 6.07) is 8.61. The molecule has 3 heterocycles. The van der Waals surface area contributed by atoms with Crippen molar-refractivity contribution in [3.05, 3.63) is 35.4 Å². The Bertz CT molecular complexity index is 1640. The first-order chi connectivity index (χ1) is 26.3. The van der Waals surface area contributed by atoms with Crippen LogP contribution < -0.4 is 0 Å². The minimum atomic E-state index is -1.83. The van der Waals surface area contributed by atoms with Crippen molar-refractivity contribution in [3.63, 3.8) is 0 Å². The molecule has 0 aliphatic carbocycles. The predicted molar refractivity (Wildman–Crippen MR) is 205 cm³/mol. The number of ether oxygens (including phenoxy) is 5. The van der Waals surface area contributed by atoms with Crippen LogP contribution in [0.5, 0.6) is 0 Å². The van der Waals surface area contributed by atoms with E-state index in [-0.39, 0.29) is 56.9 Å². The Balaban J connectivity index is 1.89. The third-order valence-electron chi connectivity index (χ3n) is 11.3. The van der Waals surface area contributed by atoms with Gasteiger partial charge < -0.3 is 43.6 Å². The van der Waals surface area contributed by atoms with Crippen LogP contribution in [0.15, 0.2) is 34.4 Å². The van der Waals surface area contributed by atoms with Gasteiger partial charge in [0.15, 0.2) is 12.1 Å². The largest absolute Gasteiger partial charge is 0.459 e. The van der Waals surface area contributed by atoms with E-state index < -0.39 is 77.3 Å². The summed E-state index contributed by atoms with van der Waals surface area (Å²) in [5.74, 6) is -4.59. The van der Waals surface area contributed by atoms with Gasteiger partial charge in [-0.1, -0.05) is 38.1 Å². The van der Waals surface area contributed by atoms with Crippen LogP contribution >= 0.6 is 0 Å². The van der Waals surface area contributed by atoms with E-state index in [1.807, 2.05) is 32.8 Å². The number of Topliss-reactive ketones (excluding diaryl/α,β-unsaturated/α-hetero) is 1. The third kappa shape index (κ3) is 10.9. The minimum Gasteiger partial charge on any atom is -0.459 e. The molecular weight excluding hydrogens is 724 g/mol. The van der Waals surface area contributed by atoms with Gasteiger partial charge in [-0.25, -0.2) is 4.99 Å². The van der Waals surface area contributed by atoms with Crippen LogP contribution in [-0.4, -0.2) is 126 Å². The Hall–Kier alpha value is -3.62. The molecule has 2 bridgehead atoms. The van der Waals surface area contributed by atoms with Crippen molar-refractivity contribution < 1.29 is 53.1 Å². The van der Waals surface area contributed by atoms with Crippen LogP contribution in [0.1, 0.15) is 92.2 Å². The van der Waals surface area contributed by atoms with Crippen molar-refractivity contribution in [1.82, 2.24) is 4.90 Å². The third-order valence-corrected chi connectivity index (χ3v) is 11.3. The smallest absolute Gasteiger partial charge is 0.316 e. The Morgan fingerprint density at radius 3 is 2.39 bits per heavy atom. The molecule has 3 fully saturated rings. The van der Waals surface area contributed by atoms with Crippen LogP contribution in [0.2, 0.25) is 0 Å². The second-order valence-corrected chi connectivity index (χ2v) is 16.2. The fourth-order valence-corrected chi connectivity index (χ4v) is 7.89. The summed E-state index contributed by atoms with van der Waals surface area (Å²) in [7, 11) is 3.72. The highest BCUT2D eigenvalue weighted by Gasteiger charge is 2.51. The molecule has 15 heteroatoms. The number of fused-ring (bicyclic) bond motifs is 5. The molecule has 1 aromatic rings. The van der Waals surface area contributed by atoms with E-state index in [4.69, 9.17) is 28.5 Å². The molecule has 0 aromatic heterocycles. The van der Waals surface area contributed by atoms with Gasteiger partial charge in [-0.05, 0) is 84.7 Å². The van der Waals surface area contributed by atoms with E-state index in [0.29, 0.717) is 17.7 Å². The average molecular weight is 785 g/mol. The van der Waals surface area contributed by atoms with Crippen molar-refractivity contribution in [2.45, 2.75) is 142 Å². The van der Waals surface area contributed by atoms with Crippen molar-refractivity contribution in [2.75, 3.05) is 27.3 Å². The average Bonchev–Trinajstić information content (AvgIpc) is 3.16. The maximum absolute atomic E-state index is 14.4. The number of carbonyl (C=O) groups excluding carboxylic acids is 3. The molecule has 15 nitrogen and oxygen atoms in total. The lowest BCUT2D eigenvalue weighted by atomic mass is 9.76. The summed E-state index contributed by atoms with van der Waals surface area (Å²) in [5, 5.41) is 37.4. The molecule has 1 aromatic carbocycles. The Kier molecular flexibility index (Phi) is 15.5. The van der Waals surface area contributed by atoms with Crippen LogP contribution in [0.25, 0.3) is 0 Å². The number of nitriles is 1. The number of oxime groups is 1. The van der Waals surface area contributed by atoms with Crippen LogP contribution in [-0.2, 0) is 49.5 Å². The maximum Gasteiger partial charge on any atom is 0.316 e. The molecule has 4 rings (SSSR count). The zero-order valence-electron chi connectivity index (χ0n) is 34.4. The molecule has 1 amide bonds. The van der Waals surface area contributed by atoms with Gasteiger partial charge >= 0.3 is 5.97 Å². The molecule has 2 N–H and O–H groups in total. The molecule has 0 saturated carbocycles. The number of aliphatic imine (C=N–C) groups is 1. The first kappa shape index (κ1) is 45.1. The predicted octanol–water partition coefficient (Wildman–Crippen LogP) is 3.75. The van der Waals surface area contributed by atoms with Gasteiger partial charge in [0.2, 0.25) is 5.91 Å². The maximum atomic E-state index is 14.4. The van der Waals surface area contributed by atoms with Crippen LogP contribution in [0, 0.1) is 29.1 Å². The quantitative estimate of drug-likeness (QED) is 0.231. The normalized spacial score (nSPS) is 37.9. The highest BCUT2D eigenvalue weighted by Crippen LogP contribution is 2.39. The van der Waals surface area contributed by atoms with Crippen LogP contribution in [0.4, 0.5) is 0 Å². The summed E-state index contributed by atoms with van der Waals surface area (Å²) >= 11 is 0. The van der Waals surface area contributed by atoms with Crippen molar-refractivity contribution in [3.8, 4) is 6.07 Å². The molecule has 0 radical (unpaired) electrons. The summed E-state index contributed by atoms with van der Waals surface area (Å²) in [6.07, 6.45) is -5.09. The van der Waals surface area contributed by atoms with E-state index in [1.54, 1.807) is 45.0 Å². The SMILES string of the molecule is CC[C@H]1OC(=O)[C@H](C)C(=O)[C@H](C)[C@@H](O[C@@H]2O[C@H](C)C[C@H](N(C)C)[C@H]2O)[C@@]2(C)C[C@@H](C)C(=NC(C)=O)C[C@@H](OC/C(=N/OCc3ccc(C#N)cc3)CO2)[C@]1(C)O. The number of hydrogen-bond acceptors (Lipinski definition) is 14. The first-order valence-electron chi connectivity index (χ1n) is 19.4. The Morgan fingerprint density at radius 2 is 1.79 bits per heavy atom. The second kappa shape index (κ2) is 19.2. The van der Waals surface area contributed by atoms with Gasteiger partial charge in [0.25, 0.3) is 0 Å². The zero-order chi connectivity index (χ0) is 41.5. The fourth-order valence-electron chi connectivity index (χ4n) is 7.89. The van der Waals surface area contributed by atoms with E-state index in [1.165, 1.54) is 20.8 Å². The number of ketones is 1. The standard InChI is InChI=1S/C41H60N4O11/c1-11-33-41(8,50)34-17-31(43-27(6)46)23(2)18-40(7,52-22-30(21-51-34)44-53-20-29-14-12-28(19-42)13-15-29)37(25(4)35(47)26(5)38(49)55-33)56-39-36(48)32(45(9)10)16-24(3)54-39/h12-15,23-26,32-34,36-37,39,48,50H,11,16-18,20-22H2,1-10H3/b43-31?,44-30-/t23-,24-,25+,26-,32+,33-,34-,36-,37-,39+,40-,41-/m1/s1. The lowest BCUT2D eigenvalue weighted by molar-refractivity contribution is -0.296. The topological polar surface area (TPSA) is 199 Å². The molecule has 12 atom stereocenters. The summed E-state index contributed by atoms with van der Waals surface area (Å²) in [4.78, 5) is 52.8. The van der Waals surface area contributed by atoms with Crippen molar-refractivity contribution >= 4 is 29.1 Å². The highest BCUT2D eigenvalue weighted by atomic mass is 16.7. The van der Waals surface area contributed by atoms with Gasteiger partial charge in [0, 0.05) is 31.0 Å². The molecule has 3 saturated heterocycles. The Labute approximate surface area is 330 Å². The van der Waals surface area contributed by atoms with E-state index >= 15 is 0 Å². The number of benzene rings is 1. The number of rotatable bonds is 7. The number of hydrogen-bond donors (Lipinski definition) is 2. The van der Waals surface area contributed by atoms with Gasteiger partial charge in [-0.3, -0.25) is 14.4 Å².